The van der Waals surface area contributed by atoms with Gasteiger partial charge in [0.25, 0.3) is 0 Å². The molecule has 14 aromatic rings. The first-order valence-electron chi connectivity index (χ1n) is 24.8. The van der Waals surface area contributed by atoms with Gasteiger partial charge in [-0.3, -0.25) is 0 Å². The number of rotatable bonds is 8. The minimum atomic E-state index is 1.08. The van der Waals surface area contributed by atoms with Crippen LogP contribution in [-0.2, 0) is 0 Å². The molecule has 1 aromatic heterocycles. The van der Waals surface area contributed by atoms with Gasteiger partial charge in [-0.25, -0.2) is 0 Å². The van der Waals surface area contributed by atoms with E-state index < -0.39 is 0 Å². The second-order valence-corrected chi connectivity index (χ2v) is 18.8. The quantitative estimate of drug-likeness (QED) is 0.138. The van der Waals surface area contributed by atoms with Gasteiger partial charge in [-0.1, -0.05) is 212 Å². The van der Waals surface area contributed by atoms with Crippen molar-refractivity contribution in [2.45, 2.75) is 0 Å². The van der Waals surface area contributed by atoms with Crippen LogP contribution in [0.2, 0.25) is 0 Å². The summed E-state index contributed by atoms with van der Waals surface area (Å²) in [4.78, 5) is 2.42. The van der Waals surface area contributed by atoms with Crippen molar-refractivity contribution in [2.75, 3.05) is 4.90 Å². The molecule has 0 bridgehead atoms. The highest BCUT2D eigenvalue weighted by molar-refractivity contribution is 6.22. The second-order valence-electron chi connectivity index (χ2n) is 18.8. The van der Waals surface area contributed by atoms with Crippen LogP contribution in [0.25, 0.3) is 115 Å². The van der Waals surface area contributed by atoms with Gasteiger partial charge in [0.05, 0.1) is 11.0 Å². The van der Waals surface area contributed by atoms with Crippen LogP contribution >= 0.6 is 0 Å². The number of para-hydroxylation sites is 2. The molecule has 0 N–H and O–H groups in total. The first-order valence-corrected chi connectivity index (χ1v) is 24.8. The lowest BCUT2D eigenvalue weighted by atomic mass is 9.84. The fourth-order valence-corrected chi connectivity index (χ4v) is 11.5. The van der Waals surface area contributed by atoms with Gasteiger partial charge in [0.15, 0.2) is 0 Å². The summed E-state index contributed by atoms with van der Waals surface area (Å²) in [6, 6.07) is 102. The Morgan fingerprint density at radius 2 is 0.778 bits per heavy atom. The molecule has 0 aliphatic heterocycles. The Bertz CT molecular complexity index is 4360. The molecule has 0 saturated heterocycles. The average molecular weight is 915 g/mol. The fraction of sp³-hybridized carbons (Fsp3) is 0. The molecule has 0 aliphatic rings. The lowest BCUT2D eigenvalue weighted by molar-refractivity contribution is 1.18. The Hall–Kier alpha value is -9.50. The van der Waals surface area contributed by atoms with Crippen LogP contribution < -0.4 is 4.90 Å². The van der Waals surface area contributed by atoms with Crippen LogP contribution in [0.15, 0.2) is 279 Å². The molecule has 0 unspecified atom stereocenters. The molecule has 0 atom stereocenters. The van der Waals surface area contributed by atoms with Gasteiger partial charge in [-0.05, 0) is 154 Å². The molecule has 336 valence electrons. The maximum atomic E-state index is 2.42. The predicted octanol–water partition coefficient (Wildman–Crippen LogP) is 19.5. The molecule has 0 radical (unpaired) electrons. The summed E-state index contributed by atoms with van der Waals surface area (Å²) in [5, 5.41) is 12.4. The summed E-state index contributed by atoms with van der Waals surface area (Å²) in [7, 11) is 0. The van der Waals surface area contributed by atoms with Gasteiger partial charge in [-0.15, -0.1) is 0 Å². The highest BCUT2D eigenvalue weighted by Gasteiger charge is 2.21. The van der Waals surface area contributed by atoms with Gasteiger partial charge in [0.1, 0.15) is 0 Å². The number of nitrogens with zero attached hydrogens (tertiary/aromatic N) is 2. The topological polar surface area (TPSA) is 8.17 Å². The molecule has 2 heteroatoms. The smallest absolute Gasteiger partial charge is 0.0547 e. The van der Waals surface area contributed by atoms with Crippen LogP contribution in [0, 0.1) is 0 Å². The van der Waals surface area contributed by atoms with Gasteiger partial charge < -0.3 is 9.47 Å². The summed E-state index contributed by atoms with van der Waals surface area (Å²) in [5.41, 5.74) is 16.4. The molecule has 0 saturated carbocycles. The van der Waals surface area contributed by atoms with E-state index in [1.807, 2.05) is 0 Å². The molecule has 72 heavy (non-hydrogen) atoms. The van der Waals surface area contributed by atoms with Crippen molar-refractivity contribution in [3.8, 4) is 50.2 Å². The SMILES string of the molecule is c1ccc(-c2c(-c3ccccc3)c3cc(-c4ccc(N(c5cccc(-c6cccc7c6c6ccccc6n7-c6ccccc6)c5)c5ccc6c(ccc7ccccc76)c5)cc4)ccc3c3ccccc23)cc1. The van der Waals surface area contributed by atoms with E-state index in [0.717, 1.165) is 33.9 Å². The highest BCUT2D eigenvalue weighted by atomic mass is 15.1. The van der Waals surface area contributed by atoms with E-state index in [0.29, 0.717) is 0 Å². The number of aromatic nitrogens is 1. The Labute approximate surface area is 418 Å². The number of fused-ring (bicyclic) bond motifs is 9. The van der Waals surface area contributed by atoms with Crippen molar-refractivity contribution in [1.82, 2.24) is 4.57 Å². The molecule has 14 rings (SSSR count). The molecular formula is C70H46N2. The maximum absolute atomic E-state index is 2.42. The van der Waals surface area contributed by atoms with Crippen LogP contribution in [0.1, 0.15) is 0 Å². The van der Waals surface area contributed by atoms with E-state index in [-0.39, 0.29) is 0 Å². The normalized spacial score (nSPS) is 11.6. The molecule has 0 spiro atoms. The number of benzene rings is 13. The van der Waals surface area contributed by atoms with E-state index in [2.05, 4.69) is 289 Å². The average Bonchev–Trinajstić information content (AvgIpc) is 3.80. The number of hydrogen-bond donors (Lipinski definition) is 0. The third kappa shape index (κ3) is 6.88. The minimum absolute atomic E-state index is 1.08. The van der Waals surface area contributed by atoms with E-state index >= 15 is 0 Å². The molecular weight excluding hydrogens is 869 g/mol. The predicted molar refractivity (Wildman–Crippen MR) is 307 cm³/mol. The fourth-order valence-electron chi connectivity index (χ4n) is 11.5. The number of hydrogen-bond acceptors (Lipinski definition) is 1. The van der Waals surface area contributed by atoms with E-state index in [1.54, 1.807) is 0 Å². The lowest BCUT2D eigenvalue weighted by Crippen LogP contribution is -2.10. The Balaban J connectivity index is 0.933. The maximum Gasteiger partial charge on any atom is 0.0547 e. The van der Waals surface area contributed by atoms with Gasteiger partial charge in [0.2, 0.25) is 0 Å². The Morgan fingerprint density at radius 3 is 1.56 bits per heavy atom. The van der Waals surface area contributed by atoms with Crippen molar-refractivity contribution in [3.63, 3.8) is 0 Å². The Morgan fingerprint density at radius 1 is 0.250 bits per heavy atom. The summed E-state index contributed by atoms with van der Waals surface area (Å²) in [6.45, 7) is 0. The Kier molecular flexibility index (Phi) is 9.89. The summed E-state index contributed by atoms with van der Waals surface area (Å²) >= 11 is 0. The van der Waals surface area contributed by atoms with Crippen LogP contribution in [0.3, 0.4) is 0 Å². The highest BCUT2D eigenvalue weighted by Crippen LogP contribution is 2.47. The van der Waals surface area contributed by atoms with Gasteiger partial charge in [-0.2, -0.15) is 0 Å². The molecule has 0 fully saturated rings. The van der Waals surface area contributed by atoms with E-state index in [9.17, 15) is 0 Å². The van der Waals surface area contributed by atoms with Crippen LogP contribution in [0.4, 0.5) is 17.1 Å². The summed E-state index contributed by atoms with van der Waals surface area (Å²) < 4.78 is 2.40. The molecule has 13 aromatic carbocycles. The summed E-state index contributed by atoms with van der Waals surface area (Å²) in [6.07, 6.45) is 0. The number of anilines is 3. The zero-order chi connectivity index (χ0) is 47.5. The van der Waals surface area contributed by atoms with E-state index in [4.69, 9.17) is 0 Å². The monoisotopic (exact) mass is 914 g/mol. The van der Waals surface area contributed by atoms with Crippen molar-refractivity contribution < 1.29 is 0 Å². The van der Waals surface area contributed by atoms with Crippen molar-refractivity contribution in [1.29, 1.82) is 0 Å². The summed E-state index contributed by atoms with van der Waals surface area (Å²) in [5.74, 6) is 0. The van der Waals surface area contributed by atoms with Crippen molar-refractivity contribution >= 4 is 82.0 Å². The van der Waals surface area contributed by atoms with Crippen molar-refractivity contribution in [2.24, 2.45) is 0 Å². The molecule has 0 amide bonds. The van der Waals surface area contributed by atoms with Crippen LogP contribution in [-0.4, -0.2) is 4.57 Å². The molecule has 0 aliphatic carbocycles. The first-order chi connectivity index (χ1) is 35.7. The standard InChI is InChI=1S/C70H46N2/c1-4-19-49(20-5-1)68-63-29-13-12-28-61(63)62-42-38-51(46-65(62)69(68)50-21-6-2-7-22-50)47-36-39-55(40-37-47)71(57-41-43-59-53(45-57)35-34-48-18-10-11-27-58(48)59)56-26-16-23-52(44-56)60-31-17-33-67-70(60)64-30-14-15-32-66(64)72(67)54-24-8-3-9-25-54/h1-46H. The zero-order valence-electron chi connectivity index (χ0n) is 39.5. The first kappa shape index (κ1) is 41.5. The zero-order valence-corrected chi connectivity index (χ0v) is 39.5. The second kappa shape index (κ2) is 17.2. The van der Waals surface area contributed by atoms with E-state index in [1.165, 1.54) is 98.3 Å². The third-order valence-corrected chi connectivity index (χ3v) is 14.7. The molecule has 2 nitrogen and oxygen atoms in total. The van der Waals surface area contributed by atoms with Crippen molar-refractivity contribution in [3.05, 3.63) is 279 Å². The van der Waals surface area contributed by atoms with Gasteiger partial charge >= 0.3 is 0 Å². The molecule has 1 heterocycles. The largest absolute Gasteiger partial charge is 0.310 e. The lowest BCUT2D eigenvalue weighted by Gasteiger charge is -2.27. The van der Waals surface area contributed by atoms with Crippen LogP contribution in [0.5, 0.6) is 0 Å². The minimum Gasteiger partial charge on any atom is -0.310 e. The third-order valence-electron chi connectivity index (χ3n) is 14.7. The van der Waals surface area contributed by atoms with Gasteiger partial charge in [0, 0.05) is 33.5 Å².